The predicted octanol–water partition coefficient (Wildman–Crippen LogP) is 3.63. The number of likely N-dealkylation sites (N-methyl/N-ethyl adjacent to an activating group) is 1. The van der Waals surface area contributed by atoms with E-state index in [9.17, 15) is 4.79 Å². The quantitative estimate of drug-likeness (QED) is 0.563. The van der Waals surface area contributed by atoms with Gasteiger partial charge in [-0.3, -0.25) is 4.79 Å². The van der Waals surface area contributed by atoms with Gasteiger partial charge in [0.05, 0.1) is 19.4 Å². The van der Waals surface area contributed by atoms with Crippen LogP contribution < -0.4 is 14.4 Å². The lowest BCUT2D eigenvalue weighted by Crippen LogP contribution is -2.25. The van der Waals surface area contributed by atoms with Crippen molar-refractivity contribution < 1.29 is 19.0 Å². The molecule has 0 aromatic heterocycles. The number of ether oxygens (including phenoxy) is 3. The Hall–Kier alpha value is -2.79. The number of rotatable bonds is 7. The van der Waals surface area contributed by atoms with E-state index in [1.54, 1.807) is 19.1 Å². The summed E-state index contributed by atoms with van der Waals surface area (Å²) in [5.41, 5.74) is 3.49. The number of para-hydroxylation sites is 1. The van der Waals surface area contributed by atoms with E-state index in [0.717, 1.165) is 16.8 Å². The zero-order valence-electron chi connectivity index (χ0n) is 15.3. The van der Waals surface area contributed by atoms with E-state index in [1.165, 1.54) is 0 Å². The highest BCUT2D eigenvalue weighted by molar-refractivity contribution is 6.35. The smallest absolute Gasteiger partial charge is 0.258 e. The fourth-order valence-corrected chi connectivity index (χ4v) is 3.06. The van der Waals surface area contributed by atoms with Crippen LogP contribution in [0.3, 0.4) is 0 Å². The van der Waals surface area contributed by atoms with Crippen molar-refractivity contribution in [3.63, 3.8) is 0 Å². The lowest BCUT2D eigenvalue weighted by molar-refractivity contribution is -0.112. The second kappa shape index (κ2) is 8.06. The van der Waals surface area contributed by atoms with Gasteiger partial charge in [0.15, 0.2) is 11.5 Å². The van der Waals surface area contributed by atoms with Gasteiger partial charge >= 0.3 is 0 Å². The van der Waals surface area contributed by atoms with Gasteiger partial charge in [0.2, 0.25) is 0 Å². The summed E-state index contributed by atoms with van der Waals surface area (Å²) in [5.74, 6) is 1.30. The topological polar surface area (TPSA) is 48.0 Å². The van der Waals surface area contributed by atoms with Crippen LogP contribution in [0.2, 0.25) is 0 Å². The third-order valence-electron chi connectivity index (χ3n) is 4.32. The zero-order chi connectivity index (χ0) is 18.5. The van der Waals surface area contributed by atoms with Crippen molar-refractivity contribution in [3.05, 3.63) is 53.6 Å². The molecule has 2 aromatic rings. The van der Waals surface area contributed by atoms with Gasteiger partial charge in [0.25, 0.3) is 5.91 Å². The Kier molecular flexibility index (Phi) is 5.58. The van der Waals surface area contributed by atoms with Crippen LogP contribution in [0.15, 0.2) is 42.5 Å². The Morgan fingerprint density at radius 3 is 2.58 bits per heavy atom. The molecule has 3 rings (SSSR count). The van der Waals surface area contributed by atoms with Crippen LogP contribution in [0, 0.1) is 0 Å². The highest BCUT2D eigenvalue weighted by Gasteiger charge is 2.30. The highest BCUT2D eigenvalue weighted by Crippen LogP contribution is 2.38. The van der Waals surface area contributed by atoms with E-state index in [0.29, 0.717) is 36.8 Å². The second-order valence-corrected chi connectivity index (χ2v) is 5.88. The Labute approximate surface area is 153 Å². The first-order valence-electron chi connectivity index (χ1n) is 8.62. The van der Waals surface area contributed by atoms with Gasteiger partial charge in [0, 0.05) is 24.8 Å². The van der Waals surface area contributed by atoms with Gasteiger partial charge in [-0.1, -0.05) is 24.3 Å². The van der Waals surface area contributed by atoms with E-state index < -0.39 is 0 Å². The summed E-state index contributed by atoms with van der Waals surface area (Å²) in [5, 5.41) is 0. The summed E-state index contributed by atoms with van der Waals surface area (Å²) in [6, 6.07) is 13.5. The Bertz CT molecular complexity index is 829. The minimum Gasteiger partial charge on any atom is -0.493 e. The maximum absolute atomic E-state index is 12.8. The first-order valence-corrected chi connectivity index (χ1v) is 8.62. The summed E-state index contributed by atoms with van der Waals surface area (Å²) in [4.78, 5) is 14.6. The summed E-state index contributed by atoms with van der Waals surface area (Å²) in [6.07, 6.45) is 1.90. The molecule has 0 aliphatic carbocycles. The van der Waals surface area contributed by atoms with E-state index in [1.807, 2.05) is 55.5 Å². The maximum atomic E-state index is 12.8. The molecule has 0 fully saturated rings. The molecule has 0 atom stereocenters. The first-order chi connectivity index (χ1) is 12.7. The number of methoxy groups -OCH3 is 2. The Morgan fingerprint density at radius 1 is 1.04 bits per heavy atom. The Morgan fingerprint density at radius 2 is 1.85 bits per heavy atom. The molecule has 0 saturated heterocycles. The van der Waals surface area contributed by atoms with E-state index in [4.69, 9.17) is 14.2 Å². The van der Waals surface area contributed by atoms with Crippen molar-refractivity contribution in [3.8, 4) is 11.5 Å². The van der Waals surface area contributed by atoms with Crippen molar-refractivity contribution in [2.75, 3.05) is 38.9 Å². The van der Waals surface area contributed by atoms with Gasteiger partial charge in [-0.2, -0.15) is 0 Å². The predicted molar refractivity (Wildman–Crippen MR) is 103 cm³/mol. The fourth-order valence-electron chi connectivity index (χ4n) is 3.06. The van der Waals surface area contributed by atoms with Crippen LogP contribution in [-0.2, 0) is 9.53 Å². The molecule has 0 unspecified atom stereocenters. The van der Waals surface area contributed by atoms with Gasteiger partial charge < -0.3 is 19.1 Å². The number of carbonyl (C=O) groups excluding carboxylic acids is 1. The van der Waals surface area contributed by atoms with Gasteiger partial charge in [-0.15, -0.1) is 0 Å². The average Bonchev–Trinajstić information content (AvgIpc) is 2.94. The van der Waals surface area contributed by atoms with Gasteiger partial charge in [-0.05, 0) is 36.8 Å². The van der Waals surface area contributed by atoms with Crippen molar-refractivity contribution in [2.24, 2.45) is 0 Å². The van der Waals surface area contributed by atoms with E-state index in [2.05, 4.69) is 0 Å². The highest BCUT2D eigenvalue weighted by atomic mass is 16.5. The molecular weight excluding hydrogens is 330 g/mol. The molecule has 0 bridgehead atoms. The second-order valence-electron chi connectivity index (χ2n) is 5.88. The van der Waals surface area contributed by atoms with Crippen molar-refractivity contribution in [1.82, 2.24) is 0 Å². The summed E-state index contributed by atoms with van der Waals surface area (Å²) < 4.78 is 16.1. The maximum Gasteiger partial charge on any atom is 0.258 e. The number of amides is 1. The normalized spacial score (nSPS) is 14.7. The summed E-state index contributed by atoms with van der Waals surface area (Å²) in [6.45, 7) is 3.58. The van der Waals surface area contributed by atoms with E-state index >= 15 is 0 Å². The number of hydrogen-bond acceptors (Lipinski definition) is 4. The molecule has 1 aliphatic heterocycles. The molecule has 0 saturated carbocycles. The minimum absolute atomic E-state index is 0.0214. The lowest BCUT2D eigenvalue weighted by atomic mass is 10.0. The molecule has 0 N–H and O–H groups in total. The molecule has 0 spiro atoms. The van der Waals surface area contributed by atoms with Crippen molar-refractivity contribution in [1.29, 1.82) is 0 Å². The van der Waals surface area contributed by atoms with Crippen molar-refractivity contribution >= 4 is 23.2 Å². The fraction of sp³-hybridized carbons (Fsp3) is 0.286. The van der Waals surface area contributed by atoms with Crippen LogP contribution in [0.25, 0.3) is 11.6 Å². The number of anilines is 1. The summed E-state index contributed by atoms with van der Waals surface area (Å²) in [7, 11) is 3.23. The molecule has 1 aliphatic rings. The first kappa shape index (κ1) is 18.0. The van der Waals surface area contributed by atoms with Crippen LogP contribution in [-0.4, -0.2) is 39.9 Å². The van der Waals surface area contributed by atoms with E-state index in [-0.39, 0.29) is 5.91 Å². The van der Waals surface area contributed by atoms with Gasteiger partial charge in [0.1, 0.15) is 6.61 Å². The largest absolute Gasteiger partial charge is 0.493 e. The average molecular weight is 353 g/mol. The summed E-state index contributed by atoms with van der Waals surface area (Å²) >= 11 is 0. The zero-order valence-corrected chi connectivity index (χ0v) is 15.3. The molecular formula is C21H23NO4. The van der Waals surface area contributed by atoms with Crippen LogP contribution in [0.4, 0.5) is 5.69 Å². The third kappa shape index (κ3) is 3.44. The standard InChI is InChI=1S/C21H23NO4/c1-4-22-18-8-6-5-7-16(18)17(21(22)23)13-15-9-10-19(20(14-15)25-3)26-12-11-24-2/h5-10,13-14H,4,11-12H2,1-3H3/b17-13+. The number of hydrogen-bond donors (Lipinski definition) is 0. The van der Waals surface area contributed by atoms with Crippen LogP contribution >= 0.6 is 0 Å². The molecule has 5 heteroatoms. The number of carbonyl (C=O) groups is 1. The SMILES string of the molecule is CCN1C(=O)/C(=C/c2ccc(OCCOC)c(OC)c2)c2ccccc21. The molecule has 136 valence electrons. The monoisotopic (exact) mass is 353 g/mol. The van der Waals surface area contributed by atoms with Crippen LogP contribution in [0.5, 0.6) is 11.5 Å². The van der Waals surface area contributed by atoms with Crippen molar-refractivity contribution in [2.45, 2.75) is 6.92 Å². The molecule has 1 amide bonds. The molecule has 26 heavy (non-hydrogen) atoms. The number of benzene rings is 2. The molecule has 5 nitrogen and oxygen atoms in total. The Balaban J connectivity index is 1.93. The molecule has 1 heterocycles. The van der Waals surface area contributed by atoms with Gasteiger partial charge in [-0.25, -0.2) is 0 Å². The number of fused-ring (bicyclic) bond motifs is 1. The van der Waals surface area contributed by atoms with Crippen LogP contribution in [0.1, 0.15) is 18.1 Å². The molecule has 0 radical (unpaired) electrons. The third-order valence-corrected chi connectivity index (χ3v) is 4.32. The molecule has 2 aromatic carbocycles. The minimum atomic E-state index is 0.0214. The lowest BCUT2D eigenvalue weighted by Gasteiger charge is -2.13. The number of nitrogens with zero attached hydrogens (tertiary/aromatic N) is 1.